The number of nitrogens with zero attached hydrogens (tertiary/aromatic N) is 1. The van der Waals surface area contributed by atoms with Crippen molar-refractivity contribution >= 4 is 10.0 Å². The van der Waals surface area contributed by atoms with E-state index in [4.69, 9.17) is 0 Å². The summed E-state index contributed by atoms with van der Waals surface area (Å²) in [5.41, 5.74) is 0. The molecule has 5 nitrogen and oxygen atoms in total. The second-order valence-electron chi connectivity index (χ2n) is 3.75. The van der Waals surface area contributed by atoms with Crippen LogP contribution in [0.25, 0.3) is 0 Å². The van der Waals surface area contributed by atoms with Gasteiger partial charge >= 0.3 is 0 Å². The largest absolute Gasteiger partial charge is 0.347 e. The van der Waals surface area contributed by atoms with Crippen molar-refractivity contribution < 1.29 is 12.8 Å². The number of sulfonamides is 1. The molecule has 7 heteroatoms. The second kappa shape index (κ2) is 4.87. The van der Waals surface area contributed by atoms with E-state index in [0.29, 0.717) is 5.82 Å². The van der Waals surface area contributed by atoms with E-state index in [9.17, 15) is 12.8 Å². The third-order valence-corrected chi connectivity index (χ3v) is 3.96. The Hall–Kier alpha value is -1.73. The molecule has 1 heterocycles. The van der Waals surface area contributed by atoms with Gasteiger partial charge in [0, 0.05) is 12.4 Å². The monoisotopic (exact) mass is 269 g/mol. The number of H-pyrrole nitrogens is 1. The molecule has 0 radical (unpaired) electrons. The maximum absolute atomic E-state index is 13.4. The van der Waals surface area contributed by atoms with E-state index in [1.165, 1.54) is 24.4 Å². The number of rotatable bonds is 4. The van der Waals surface area contributed by atoms with Gasteiger partial charge in [0.05, 0.1) is 6.04 Å². The first kappa shape index (κ1) is 12.7. The minimum absolute atomic E-state index is 0.372. The molecule has 1 atom stereocenters. The van der Waals surface area contributed by atoms with Crippen molar-refractivity contribution in [3.05, 3.63) is 48.3 Å². The van der Waals surface area contributed by atoms with E-state index >= 15 is 0 Å². The van der Waals surface area contributed by atoms with Crippen LogP contribution in [0.1, 0.15) is 18.8 Å². The molecule has 0 saturated heterocycles. The van der Waals surface area contributed by atoms with Crippen molar-refractivity contribution in [3.63, 3.8) is 0 Å². The van der Waals surface area contributed by atoms with Crippen molar-refractivity contribution in [2.75, 3.05) is 0 Å². The molecule has 0 amide bonds. The minimum Gasteiger partial charge on any atom is -0.347 e. The first-order chi connectivity index (χ1) is 8.50. The topological polar surface area (TPSA) is 74.8 Å². The van der Waals surface area contributed by atoms with E-state index in [-0.39, 0.29) is 4.90 Å². The molecule has 0 aliphatic rings. The standard InChI is InChI=1S/C11H12FN3O2S/c1-8(11-13-6-7-14-11)15-18(16,17)10-5-3-2-4-9(10)12/h2-8,15H,1H3,(H,13,14). The van der Waals surface area contributed by atoms with Crippen LogP contribution in [-0.4, -0.2) is 18.4 Å². The summed E-state index contributed by atoms with van der Waals surface area (Å²) in [7, 11) is -3.90. The third kappa shape index (κ3) is 2.57. The van der Waals surface area contributed by atoms with Crippen LogP contribution in [0.5, 0.6) is 0 Å². The average Bonchev–Trinajstić information content (AvgIpc) is 2.82. The van der Waals surface area contributed by atoms with E-state index in [2.05, 4.69) is 14.7 Å². The Balaban J connectivity index is 2.26. The number of imidazole rings is 1. The predicted octanol–water partition coefficient (Wildman–Crippen LogP) is 1.59. The number of hydrogen-bond donors (Lipinski definition) is 2. The maximum atomic E-state index is 13.4. The second-order valence-corrected chi connectivity index (χ2v) is 5.43. The highest BCUT2D eigenvalue weighted by Gasteiger charge is 2.22. The Kier molecular flexibility index (Phi) is 3.44. The van der Waals surface area contributed by atoms with Gasteiger partial charge in [-0.25, -0.2) is 22.5 Å². The number of halogens is 1. The molecule has 1 aromatic carbocycles. The molecular formula is C11H12FN3O2S. The molecule has 0 aliphatic carbocycles. The zero-order chi connectivity index (χ0) is 13.2. The fourth-order valence-electron chi connectivity index (χ4n) is 1.53. The quantitative estimate of drug-likeness (QED) is 0.885. The Bertz CT molecular complexity index is 625. The van der Waals surface area contributed by atoms with Crippen LogP contribution in [0.2, 0.25) is 0 Å². The van der Waals surface area contributed by atoms with Gasteiger partial charge < -0.3 is 4.98 Å². The molecule has 0 aliphatic heterocycles. The first-order valence-corrected chi connectivity index (χ1v) is 6.75. The molecule has 0 saturated carbocycles. The van der Waals surface area contributed by atoms with Crippen LogP contribution in [0, 0.1) is 5.82 Å². The van der Waals surface area contributed by atoms with E-state index in [0.717, 1.165) is 6.07 Å². The number of nitrogens with one attached hydrogen (secondary N) is 2. The van der Waals surface area contributed by atoms with Crippen LogP contribution >= 0.6 is 0 Å². The van der Waals surface area contributed by atoms with Gasteiger partial charge in [0.1, 0.15) is 16.5 Å². The summed E-state index contributed by atoms with van der Waals surface area (Å²) < 4.78 is 39.7. The Morgan fingerprint density at radius 2 is 2.11 bits per heavy atom. The molecule has 18 heavy (non-hydrogen) atoms. The van der Waals surface area contributed by atoms with E-state index in [1.807, 2.05) is 0 Å². The molecule has 2 aromatic rings. The molecule has 96 valence electrons. The first-order valence-electron chi connectivity index (χ1n) is 5.27. The highest BCUT2D eigenvalue weighted by molar-refractivity contribution is 7.89. The van der Waals surface area contributed by atoms with Crippen LogP contribution in [0.15, 0.2) is 41.6 Å². The Morgan fingerprint density at radius 3 is 2.72 bits per heavy atom. The van der Waals surface area contributed by atoms with Gasteiger partial charge in [0.15, 0.2) is 0 Å². The Labute approximate surface area is 104 Å². The lowest BCUT2D eigenvalue weighted by atomic mass is 10.3. The minimum atomic E-state index is -3.90. The van der Waals surface area contributed by atoms with Gasteiger partial charge in [-0.2, -0.15) is 0 Å². The average molecular weight is 269 g/mol. The van der Waals surface area contributed by atoms with Gasteiger partial charge in [0.25, 0.3) is 0 Å². The van der Waals surface area contributed by atoms with Crippen molar-refractivity contribution in [1.82, 2.24) is 14.7 Å². The maximum Gasteiger partial charge on any atom is 0.244 e. The van der Waals surface area contributed by atoms with Crippen molar-refractivity contribution in [2.24, 2.45) is 0 Å². The summed E-state index contributed by atoms with van der Waals surface area (Å²) in [5, 5.41) is 0. The highest BCUT2D eigenvalue weighted by Crippen LogP contribution is 2.16. The normalized spacial score (nSPS) is 13.4. The molecule has 2 rings (SSSR count). The lowest BCUT2D eigenvalue weighted by Gasteiger charge is -2.12. The predicted molar refractivity (Wildman–Crippen MR) is 63.7 cm³/mol. The zero-order valence-electron chi connectivity index (χ0n) is 9.59. The lowest BCUT2D eigenvalue weighted by Crippen LogP contribution is -2.28. The molecular weight excluding hydrogens is 257 g/mol. The number of aromatic nitrogens is 2. The zero-order valence-corrected chi connectivity index (χ0v) is 10.4. The summed E-state index contributed by atoms with van der Waals surface area (Å²) >= 11 is 0. The number of hydrogen-bond acceptors (Lipinski definition) is 3. The fraction of sp³-hybridized carbons (Fsp3) is 0.182. The van der Waals surface area contributed by atoms with Crippen molar-refractivity contribution in [1.29, 1.82) is 0 Å². The van der Waals surface area contributed by atoms with Crippen molar-refractivity contribution in [3.8, 4) is 0 Å². The third-order valence-electron chi connectivity index (χ3n) is 2.39. The van der Waals surface area contributed by atoms with Gasteiger partial charge in [-0.05, 0) is 19.1 Å². The lowest BCUT2D eigenvalue weighted by molar-refractivity contribution is 0.543. The van der Waals surface area contributed by atoms with Crippen LogP contribution in [-0.2, 0) is 10.0 Å². The summed E-state index contributed by atoms with van der Waals surface area (Å²) in [6.07, 6.45) is 3.10. The van der Waals surface area contributed by atoms with Gasteiger partial charge in [0.2, 0.25) is 10.0 Å². The Morgan fingerprint density at radius 1 is 1.39 bits per heavy atom. The van der Waals surface area contributed by atoms with E-state index in [1.54, 1.807) is 13.1 Å². The molecule has 1 unspecified atom stereocenters. The molecule has 1 aromatic heterocycles. The smallest absolute Gasteiger partial charge is 0.244 e. The van der Waals surface area contributed by atoms with E-state index < -0.39 is 21.9 Å². The van der Waals surface area contributed by atoms with Gasteiger partial charge in [-0.1, -0.05) is 12.1 Å². The summed E-state index contributed by atoms with van der Waals surface area (Å²) in [6, 6.07) is 4.66. The highest BCUT2D eigenvalue weighted by atomic mass is 32.2. The van der Waals surface area contributed by atoms with Crippen LogP contribution in [0.4, 0.5) is 4.39 Å². The molecule has 2 N–H and O–H groups in total. The molecule has 0 bridgehead atoms. The van der Waals surface area contributed by atoms with Gasteiger partial charge in [-0.15, -0.1) is 0 Å². The van der Waals surface area contributed by atoms with Gasteiger partial charge in [-0.3, -0.25) is 0 Å². The SMILES string of the molecule is CC(NS(=O)(=O)c1ccccc1F)c1ncc[nH]1. The summed E-state index contributed by atoms with van der Waals surface area (Å²) in [5.74, 6) is -0.313. The van der Waals surface area contributed by atoms with Crippen LogP contribution < -0.4 is 4.72 Å². The molecule has 0 fully saturated rings. The summed E-state index contributed by atoms with van der Waals surface area (Å²) in [6.45, 7) is 1.62. The molecule has 0 spiro atoms. The fourth-order valence-corrected chi connectivity index (χ4v) is 2.82. The van der Waals surface area contributed by atoms with Crippen LogP contribution in [0.3, 0.4) is 0 Å². The summed E-state index contributed by atoms with van der Waals surface area (Å²) in [4.78, 5) is 6.36. The van der Waals surface area contributed by atoms with Crippen molar-refractivity contribution in [2.45, 2.75) is 17.9 Å². The number of benzene rings is 1. The number of aromatic amines is 1.